The number of imidazole rings is 1. The van der Waals surface area contributed by atoms with Crippen molar-refractivity contribution in [3.05, 3.63) is 47.3 Å². The van der Waals surface area contributed by atoms with Crippen molar-refractivity contribution in [1.82, 2.24) is 19.9 Å². The van der Waals surface area contributed by atoms with Crippen LogP contribution in [0.15, 0.2) is 30.7 Å². The molecule has 0 spiro atoms. The molecule has 0 fully saturated rings. The van der Waals surface area contributed by atoms with E-state index in [1.165, 1.54) is 6.20 Å². The number of hydrogen-bond donors (Lipinski definition) is 1. The molecule has 2 aromatic rings. The number of rotatable bonds is 4. The Balaban J connectivity index is 2.19. The van der Waals surface area contributed by atoms with E-state index < -0.39 is 0 Å². The van der Waals surface area contributed by atoms with Gasteiger partial charge in [0, 0.05) is 25.6 Å². The van der Waals surface area contributed by atoms with Crippen molar-refractivity contribution in [2.45, 2.75) is 19.9 Å². The summed E-state index contributed by atoms with van der Waals surface area (Å²) in [4.78, 5) is 20.5. The Morgan fingerprint density at radius 2 is 2.10 bits per heavy atom. The maximum Gasteiger partial charge on any atom is 0.253 e. The monoisotopic (exact) mass is 292 g/mol. The van der Waals surface area contributed by atoms with Gasteiger partial charge < -0.3 is 9.88 Å². The lowest BCUT2D eigenvalue weighted by Crippen LogP contribution is -2.33. The minimum absolute atomic E-state index is 0.154. The molecule has 0 bridgehead atoms. The molecule has 2 rings (SSSR count). The number of carbonyl (C=O) groups is 1. The molecule has 0 aliphatic heterocycles. The van der Waals surface area contributed by atoms with Crippen LogP contribution in [0.3, 0.4) is 0 Å². The van der Waals surface area contributed by atoms with Crippen LogP contribution in [0, 0.1) is 5.92 Å². The number of nitrogens with zero attached hydrogens (tertiary/aromatic N) is 3. The minimum atomic E-state index is -0.184. The van der Waals surface area contributed by atoms with Gasteiger partial charge in [-0.05, 0) is 18.1 Å². The molecule has 0 radical (unpaired) electrons. The highest BCUT2D eigenvalue weighted by molar-refractivity contribution is 6.29. The molecule has 1 N–H and O–H groups in total. The highest BCUT2D eigenvalue weighted by Gasteiger charge is 2.22. The van der Waals surface area contributed by atoms with E-state index in [4.69, 9.17) is 11.6 Å². The zero-order chi connectivity index (χ0) is 14.7. The van der Waals surface area contributed by atoms with Gasteiger partial charge >= 0.3 is 0 Å². The average molecular weight is 293 g/mol. The Hall–Kier alpha value is -1.88. The Kier molecular flexibility index (Phi) is 4.39. The highest BCUT2D eigenvalue weighted by Crippen LogP contribution is 2.20. The minimum Gasteiger partial charge on any atom is -0.342 e. The van der Waals surface area contributed by atoms with Gasteiger partial charge in [0.2, 0.25) is 0 Å². The molecular formula is C14H17ClN4O. The Morgan fingerprint density at radius 1 is 1.35 bits per heavy atom. The first kappa shape index (κ1) is 14.5. The molecule has 0 aliphatic rings. The lowest BCUT2D eigenvalue weighted by atomic mass is 10.0. The maximum absolute atomic E-state index is 12.2. The van der Waals surface area contributed by atoms with Crippen molar-refractivity contribution < 1.29 is 4.79 Å². The third kappa shape index (κ3) is 3.17. The number of amides is 1. The van der Waals surface area contributed by atoms with Gasteiger partial charge in [-0.15, -0.1) is 0 Å². The topological polar surface area (TPSA) is 59.8 Å². The summed E-state index contributed by atoms with van der Waals surface area (Å²) in [5.41, 5.74) is 0.481. The molecule has 0 unspecified atom stereocenters. The molecule has 0 aliphatic carbocycles. The van der Waals surface area contributed by atoms with E-state index in [1.54, 1.807) is 18.3 Å². The van der Waals surface area contributed by atoms with E-state index in [2.05, 4.69) is 15.3 Å². The third-order valence-corrected chi connectivity index (χ3v) is 3.30. The van der Waals surface area contributed by atoms with E-state index in [1.807, 2.05) is 31.7 Å². The van der Waals surface area contributed by atoms with E-state index in [0.29, 0.717) is 10.7 Å². The number of nitrogens with one attached hydrogen (secondary N) is 1. The van der Waals surface area contributed by atoms with Gasteiger partial charge in [0.25, 0.3) is 5.91 Å². The summed E-state index contributed by atoms with van der Waals surface area (Å²) in [7, 11) is 1.91. The molecule has 0 aromatic carbocycles. The highest BCUT2D eigenvalue weighted by atomic mass is 35.5. The predicted molar refractivity (Wildman–Crippen MR) is 77.5 cm³/mol. The summed E-state index contributed by atoms with van der Waals surface area (Å²) < 4.78 is 1.91. The molecule has 106 valence electrons. The zero-order valence-electron chi connectivity index (χ0n) is 11.7. The van der Waals surface area contributed by atoms with Crippen LogP contribution in [-0.4, -0.2) is 20.4 Å². The lowest BCUT2D eigenvalue weighted by Gasteiger charge is -2.22. The number of carbonyl (C=O) groups excluding carboxylic acids is 1. The molecule has 1 amide bonds. The quantitative estimate of drug-likeness (QED) is 0.881. The van der Waals surface area contributed by atoms with Gasteiger partial charge in [0.15, 0.2) is 0 Å². The number of halogens is 1. The number of hydrogen-bond acceptors (Lipinski definition) is 3. The van der Waals surface area contributed by atoms with Crippen LogP contribution in [0.25, 0.3) is 0 Å². The normalized spacial score (nSPS) is 12.4. The fourth-order valence-electron chi connectivity index (χ4n) is 1.94. The SMILES string of the molecule is CC(C)[C@@H](NC(=O)c1ccc(Cl)nc1)c1nccn1C. The summed E-state index contributed by atoms with van der Waals surface area (Å²) in [5.74, 6) is 0.867. The van der Waals surface area contributed by atoms with Gasteiger partial charge in [-0.2, -0.15) is 0 Å². The van der Waals surface area contributed by atoms with Crippen molar-refractivity contribution >= 4 is 17.5 Å². The lowest BCUT2D eigenvalue weighted by molar-refractivity contribution is 0.0922. The molecule has 2 heterocycles. The third-order valence-electron chi connectivity index (χ3n) is 3.08. The zero-order valence-corrected chi connectivity index (χ0v) is 12.4. The van der Waals surface area contributed by atoms with E-state index in [0.717, 1.165) is 5.82 Å². The van der Waals surface area contributed by atoms with Crippen LogP contribution < -0.4 is 5.32 Å². The fourth-order valence-corrected chi connectivity index (χ4v) is 2.05. The Bertz CT molecular complexity index is 591. The van der Waals surface area contributed by atoms with E-state index in [-0.39, 0.29) is 17.9 Å². The molecule has 20 heavy (non-hydrogen) atoms. The van der Waals surface area contributed by atoms with Gasteiger partial charge in [0.05, 0.1) is 11.6 Å². The van der Waals surface area contributed by atoms with E-state index in [9.17, 15) is 4.79 Å². The van der Waals surface area contributed by atoms with Crippen LogP contribution in [0.4, 0.5) is 0 Å². The van der Waals surface area contributed by atoms with Gasteiger partial charge in [-0.25, -0.2) is 9.97 Å². The van der Waals surface area contributed by atoms with Crippen molar-refractivity contribution in [1.29, 1.82) is 0 Å². The van der Waals surface area contributed by atoms with E-state index >= 15 is 0 Å². The maximum atomic E-state index is 12.2. The number of pyridine rings is 1. The van der Waals surface area contributed by atoms with Crippen LogP contribution in [0.5, 0.6) is 0 Å². The molecular weight excluding hydrogens is 276 g/mol. The van der Waals surface area contributed by atoms with Crippen molar-refractivity contribution in [2.75, 3.05) is 0 Å². The molecule has 0 saturated heterocycles. The first-order valence-corrected chi connectivity index (χ1v) is 6.76. The molecule has 6 heteroatoms. The number of aromatic nitrogens is 3. The Labute approximate surface area is 123 Å². The van der Waals surface area contributed by atoms with Crippen molar-refractivity contribution in [3.63, 3.8) is 0 Å². The summed E-state index contributed by atoms with van der Waals surface area (Å²) in [6.45, 7) is 4.08. The molecule has 2 aromatic heterocycles. The summed E-state index contributed by atoms with van der Waals surface area (Å²) in [6.07, 6.45) is 5.05. The summed E-state index contributed by atoms with van der Waals surface area (Å²) in [6, 6.07) is 3.10. The standard InChI is InChI=1S/C14H17ClN4O/c1-9(2)12(13-16-6-7-19(13)3)18-14(20)10-4-5-11(15)17-8-10/h4-9,12H,1-3H3,(H,18,20)/t12-/m1/s1. The first-order chi connectivity index (χ1) is 9.49. The van der Waals surface area contributed by atoms with Crippen LogP contribution in [0.2, 0.25) is 5.15 Å². The summed E-state index contributed by atoms with van der Waals surface area (Å²) in [5, 5.41) is 3.36. The van der Waals surface area contributed by atoms with Crippen molar-refractivity contribution in [3.8, 4) is 0 Å². The van der Waals surface area contributed by atoms with Gasteiger partial charge in [-0.3, -0.25) is 4.79 Å². The second kappa shape index (κ2) is 6.05. The Morgan fingerprint density at radius 3 is 2.60 bits per heavy atom. The largest absolute Gasteiger partial charge is 0.342 e. The first-order valence-electron chi connectivity index (χ1n) is 6.38. The van der Waals surface area contributed by atoms with Crippen LogP contribution in [0.1, 0.15) is 36.1 Å². The molecule has 0 saturated carbocycles. The van der Waals surface area contributed by atoms with Crippen LogP contribution in [-0.2, 0) is 7.05 Å². The molecule has 1 atom stereocenters. The van der Waals surface area contributed by atoms with Crippen LogP contribution >= 0.6 is 11.6 Å². The predicted octanol–water partition coefficient (Wildman–Crippen LogP) is 2.60. The fraction of sp³-hybridized carbons (Fsp3) is 0.357. The smallest absolute Gasteiger partial charge is 0.253 e. The number of aryl methyl sites for hydroxylation is 1. The summed E-state index contributed by atoms with van der Waals surface area (Å²) >= 11 is 5.72. The van der Waals surface area contributed by atoms with Crippen molar-refractivity contribution in [2.24, 2.45) is 13.0 Å². The van der Waals surface area contributed by atoms with Gasteiger partial charge in [-0.1, -0.05) is 25.4 Å². The second-order valence-corrected chi connectivity index (χ2v) is 5.35. The van der Waals surface area contributed by atoms with Gasteiger partial charge in [0.1, 0.15) is 11.0 Å². The second-order valence-electron chi connectivity index (χ2n) is 4.96. The molecule has 5 nitrogen and oxygen atoms in total. The average Bonchev–Trinajstić information content (AvgIpc) is 2.82.